The van der Waals surface area contributed by atoms with Gasteiger partial charge in [-0.25, -0.2) is 10.4 Å². The predicted octanol–water partition coefficient (Wildman–Crippen LogP) is 3.67. The van der Waals surface area contributed by atoms with Crippen LogP contribution in [-0.4, -0.2) is 48.0 Å². The molecule has 0 radical (unpaired) electrons. The van der Waals surface area contributed by atoms with Gasteiger partial charge < -0.3 is 14.2 Å². The highest BCUT2D eigenvalue weighted by molar-refractivity contribution is 7.13. The highest BCUT2D eigenvalue weighted by Crippen LogP contribution is 2.31. The van der Waals surface area contributed by atoms with Crippen molar-refractivity contribution in [1.82, 2.24) is 15.0 Å². The number of nitrogens with one attached hydrogen (secondary N) is 1. The minimum absolute atomic E-state index is 0.280. The third-order valence-corrected chi connectivity index (χ3v) is 6.74. The summed E-state index contributed by atoms with van der Waals surface area (Å²) in [6, 6.07) is 2.74. The Morgan fingerprint density at radius 2 is 2.03 bits per heavy atom. The zero-order valence-electron chi connectivity index (χ0n) is 17.2. The number of carbonyl (C=O) groups excluding carboxylic acids is 1. The minimum atomic E-state index is -0.280. The molecule has 2 aromatic heterocycles. The Hall–Kier alpha value is -2.19. The van der Waals surface area contributed by atoms with Gasteiger partial charge in [0.05, 0.1) is 19.4 Å². The summed E-state index contributed by atoms with van der Waals surface area (Å²) >= 11 is 1.48. The summed E-state index contributed by atoms with van der Waals surface area (Å²) in [5.41, 5.74) is 6.56. The van der Waals surface area contributed by atoms with Crippen molar-refractivity contribution in [3.63, 3.8) is 0 Å². The Bertz CT molecular complexity index is 876. The summed E-state index contributed by atoms with van der Waals surface area (Å²) in [4.78, 5) is 19.0. The van der Waals surface area contributed by atoms with E-state index in [1.54, 1.807) is 11.6 Å². The van der Waals surface area contributed by atoms with E-state index in [9.17, 15) is 4.79 Å². The second kappa shape index (κ2) is 9.09. The lowest BCUT2D eigenvalue weighted by Crippen LogP contribution is -2.36. The topological polar surface area (TPSA) is 71.8 Å². The first-order chi connectivity index (χ1) is 14.1. The number of morpholine rings is 1. The normalized spacial score (nSPS) is 18.5. The highest BCUT2D eigenvalue weighted by atomic mass is 32.1. The molecule has 1 N–H and O–H groups in total. The molecule has 156 valence electrons. The van der Waals surface area contributed by atoms with E-state index in [1.165, 1.54) is 54.8 Å². The van der Waals surface area contributed by atoms with E-state index >= 15 is 0 Å². The average Bonchev–Trinajstić information content (AvgIpc) is 3.34. The molecule has 3 heterocycles. The molecule has 7 nitrogen and oxygen atoms in total. The number of anilines is 1. The number of thiazole rings is 1. The second-order valence-corrected chi connectivity index (χ2v) is 8.64. The van der Waals surface area contributed by atoms with E-state index < -0.39 is 0 Å². The van der Waals surface area contributed by atoms with Crippen molar-refractivity contribution in [3.05, 3.63) is 34.1 Å². The maximum atomic E-state index is 12.4. The van der Waals surface area contributed by atoms with Crippen molar-refractivity contribution in [2.24, 2.45) is 5.10 Å². The van der Waals surface area contributed by atoms with Gasteiger partial charge in [0.15, 0.2) is 5.13 Å². The molecule has 29 heavy (non-hydrogen) atoms. The molecule has 2 fully saturated rings. The van der Waals surface area contributed by atoms with Gasteiger partial charge in [-0.2, -0.15) is 5.10 Å². The monoisotopic (exact) mass is 415 g/mol. The number of rotatable bonds is 5. The molecule has 8 heteroatoms. The van der Waals surface area contributed by atoms with Crippen molar-refractivity contribution in [1.29, 1.82) is 0 Å². The molecular formula is C21H29N5O2S. The zero-order chi connectivity index (χ0) is 20.2. The first kappa shape index (κ1) is 20.1. The molecule has 0 atom stereocenters. The minimum Gasteiger partial charge on any atom is -0.378 e. The van der Waals surface area contributed by atoms with E-state index in [4.69, 9.17) is 4.74 Å². The van der Waals surface area contributed by atoms with Crippen molar-refractivity contribution >= 4 is 28.6 Å². The maximum Gasteiger partial charge on any atom is 0.290 e. The number of amides is 1. The molecule has 2 aromatic rings. The molecule has 4 rings (SSSR count). The average molecular weight is 416 g/mol. The molecule has 1 saturated carbocycles. The summed E-state index contributed by atoms with van der Waals surface area (Å²) in [5, 5.41) is 6.84. The predicted molar refractivity (Wildman–Crippen MR) is 116 cm³/mol. The SMILES string of the molecule is Cc1cc(/C=N\NC(=O)c2csc(N3CCOCC3)n2)c(C)n1C1CCCCC1. The van der Waals surface area contributed by atoms with E-state index in [0.29, 0.717) is 24.9 Å². The zero-order valence-corrected chi connectivity index (χ0v) is 18.0. The Labute approximate surface area is 175 Å². The Balaban J connectivity index is 1.39. The van der Waals surface area contributed by atoms with Crippen LogP contribution in [-0.2, 0) is 4.74 Å². The summed E-state index contributed by atoms with van der Waals surface area (Å²) < 4.78 is 7.81. The van der Waals surface area contributed by atoms with E-state index in [2.05, 4.69) is 44.9 Å². The van der Waals surface area contributed by atoms with Crippen LogP contribution in [0, 0.1) is 13.8 Å². The Kier molecular flexibility index (Phi) is 6.30. The van der Waals surface area contributed by atoms with Gasteiger partial charge in [-0.1, -0.05) is 19.3 Å². The van der Waals surface area contributed by atoms with Gasteiger partial charge in [-0.05, 0) is 32.8 Å². The number of hydrogen-bond acceptors (Lipinski definition) is 6. The Morgan fingerprint density at radius 3 is 2.79 bits per heavy atom. The van der Waals surface area contributed by atoms with Crippen molar-refractivity contribution in [3.8, 4) is 0 Å². The number of ether oxygens (including phenoxy) is 1. The standard InChI is InChI=1S/C21H29N5O2S/c1-15-12-17(16(2)26(15)18-6-4-3-5-7-18)13-22-24-20(27)19-14-29-21(23-19)25-8-10-28-11-9-25/h12-14,18H,3-11H2,1-2H3,(H,24,27)/b22-13-. The van der Waals surface area contributed by atoms with Gasteiger partial charge in [-0.15, -0.1) is 11.3 Å². The summed E-state index contributed by atoms with van der Waals surface area (Å²) in [6.07, 6.45) is 8.20. The lowest BCUT2D eigenvalue weighted by molar-refractivity contribution is 0.0951. The lowest BCUT2D eigenvalue weighted by atomic mass is 9.95. The molecule has 1 amide bonds. The number of carbonyl (C=O) groups is 1. The van der Waals surface area contributed by atoms with Crippen LogP contribution in [0.1, 0.15) is 65.6 Å². The molecule has 0 aromatic carbocycles. The van der Waals surface area contributed by atoms with Crippen LogP contribution in [0.5, 0.6) is 0 Å². The number of aryl methyl sites for hydroxylation is 1. The molecule has 0 spiro atoms. The smallest absolute Gasteiger partial charge is 0.290 e. The summed E-state index contributed by atoms with van der Waals surface area (Å²) in [6.45, 7) is 7.31. The van der Waals surface area contributed by atoms with Crippen LogP contribution in [0.2, 0.25) is 0 Å². The number of hydrazone groups is 1. The van der Waals surface area contributed by atoms with E-state index in [-0.39, 0.29) is 5.91 Å². The van der Waals surface area contributed by atoms with Crippen LogP contribution in [0.15, 0.2) is 16.5 Å². The quantitative estimate of drug-likeness (QED) is 0.597. The molecule has 1 aliphatic carbocycles. The van der Waals surface area contributed by atoms with E-state index in [1.807, 2.05) is 0 Å². The fourth-order valence-corrected chi connectivity index (χ4v) is 5.18. The van der Waals surface area contributed by atoms with Crippen molar-refractivity contribution in [2.75, 3.05) is 31.2 Å². The molecule has 0 unspecified atom stereocenters. The molecule has 1 aliphatic heterocycles. The summed E-state index contributed by atoms with van der Waals surface area (Å²) in [7, 11) is 0. The third kappa shape index (κ3) is 4.53. The van der Waals surface area contributed by atoms with Gasteiger partial charge >= 0.3 is 0 Å². The number of hydrogen-bond donors (Lipinski definition) is 1. The van der Waals surface area contributed by atoms with Crippen LogP contribution < -0.4 is 10.3 Å². The van der Waals surface area contributed by atoms with Crippen LogP contribution in [0.4, 0.5) is 5.13 Å². The first-order valence-corrected chi connectivity index (χ1v) is 11.3. The third-order valence-electron chi connectivity index (χ3n) is 5.84. The van der Waals surface area contributed by atoms with Gasteiger partial charge in [0.25, 0.3) is 5.91 Å². The number of nitrogens with zero attached hydrogens (tertiary/aromatic N) is 4. The van der Waals surface area contributed by atoms with Gasteiger partial charge in [0.1, 0.15) is 5.69 Å². The van der Waals surface area contributed by atoms with Gasteiger partial charge in [0, 0.05) is 41.5 Å². The van der Waals surface area contributed by atoms with Crippen LogP contribution in [0.25, 0.3) is 0 Å². The fourth-order valence-electron chi connectivity index (χ4n) is 4.32. The molecule has 2 aliphatic rings. The van der Waals surface area contributed by atoms with Crippen molar-refractivity contribution in [2.45, 2.75) is 52.0 Å². The Morgan fingerprint density at radius 1 is 1.28 bits per heavy atom. The van der Waals surface area contributed by atoms with Gasteiger partial charge in [0.2, 0.25) is 0 Å². The van der Waals surface area contributed by atoms with Crippen LogP contribution >= 0.6 is 11.3 Å². The maximum absolute atomic E-state index is 12.4. The van der Waals surface area contributed by atoms with Crippen molar-refractivity contribution < 1.29 is 9.53 Å². The fraction of sp³-hybridized carbons (Fsp3) is 0.571. The largest absolute Gasteiger partial charge is 0.378 e. The van der Waals surface area contributed by atoms with Gasteiger partial charge in [-0.3, -0.25) is 4.79 Å². The summed E-state index contributed by atoms with van der Waals surface area (Å²) in [5.74, 6) is -0.280. The van der Waals surface area contributed by atoms with E-state index in [0.717, 1.165) is 23.8 Å². The lowest BCUT2D eigenvalue weighted by Gasteiger charge is -2.26. The molecule has 0 bridgehead atoms. The molecular weight excluding hydrogens is 386 g/mol. The second-order valence-electron chi connectivity index (χ2n) is 7.80. The first-order valence-electron chi connectivity index (χ1n) is 10.4. The molecule has 1 saturated heterocycles. The number of aromatic nitrogens is 2. The highest BCUT2D eigenvalue weighted by Gasteiger charge is 2.20. The van der Waals surface area contributed by atoms with Crippen LogP contribution in [0.3, 0.4) is 0 Å².